The van der Waals surface area contributed by atoms with Gasteiger partial charge in [-0.3, -0.25) is 0 Å². The molecular formula is C12H11NO4S2. The molecule has 1 aromatic heterocycles. The van der Waals surface area contributed by atoms with Crippen LogP contribution in [0.3, 0.4) is 0 Å². The first-order valence-electron chi connectivity index (χ1n) is 5.30. The zero-order valence-electron chi connectivity index (χ0n) is 10.2. The van der Waals surface area contributed by atoms with E-state index in [1.165, 1.54) is 0 Å². The van der Waals surface area contributed by atoms with Crippen molar-refractivity contribution in [1.29, 1.82) is 0 Å². The zero-order valence-corrected chi connectivity index (χ0v) is 11.9. The summed E-state index contributed by atoms with van der Waals surface area (Å²) in [6, 6.07) is 7.17. The number of nitrogens with zero attached hydrogens (tertiary/aromatic N) is 1. The topological polar surface area (TPSA) is 84.3 Å². The molecule has 0 aliphatic rings. The normalized spacial score (nSPS) is 11.5. The highest BCUT2D eigenvalue weighted by molar-refractivity contribution is 7.92. The number of aromatic nitrogens is 1. The molecular weight excluding hydrogens is 286 g/mol. The number of aromatic carboxylic acids is 1. The molecule has 7 heteroatoms. The van der Waals surface area contributed by atoms with Crippen molar-refractivity contribution in [3.8, 4) is 10.4 Å². The van der Waals surface area contributed by atoms with Gasteiger partial charge in [0.1, 0.15) is 0 Å². The SMILES string of the molecule is Cc1ccc(-c2sc(S(C)(=O)=O)nc2C(=O)O)cc1. The van der Waals surface area contributed by atoms with Crippen LogP contribution in [0, 0.1) is 6.92 Å². The summed E-state index contributed by atoms with van der Waals surface area (Å²) in [6.07, 6.45) is 1.01. The Morgan fingerprint density at radius 2 is 1.84 bits per heavy atom. The van der Waals surface area contributed by atoms with E-state index in [2.05, 4.69) is 4.98 Å². The van der Waals surface area contributed by atoms with Crippen molar-refractivity contribution in [2.24, 2.45) is 0 Å². The Morgan fingerprint density at radius 1 is 1.26 bits per heavy atom. The summed E-state index contributed by atoms with van der Waals surface area (Å²) in [6.45, 7) is 1.91. The summed E-state index contributed by atoms with van der Waals surface area (Å²) in [4.78, 5) is 15.2. The highest BCUT2D eigenvalue weighted by Crippen LogP contribution is 2.32. The van der Waals surface area contributed by atoms with Gasteiger partial charge in [-0.05, 0) is 12.5 Å². The molecule has 2 rings (SSSR count). The Kier molecular flexibility index (Phi) is 3.42. The number of carboxylic acid groups (broad SMARTS) is 1. The lowest BCUT2D eigenvalue weighted by Crippen LogP contribution is -2.01. The molecule has 0 unspecified atom stereocenters. The van der Waals surface area contributed by atoms with Gasteiger partial charge in [0.05, 0.1) is 4.88 Å². The number of rotatable bonds is 3. The Morgan fingerprint density at radius 3 is 2.32 bits per heavy atom. The number of hydrogen-bond acceptors (Lipinski definition) is 5. The minimum absolute atomic E-state index is 0.180. The average Bonchev–Trinajstić information content (AvgIpc) is 2.74. The first kappa shape index (κ1) is 13.7. The molecule has 0 saturated heterocycles. The Hall–Kier alpha value is -1.73. The van der Waals surface area contributed by atoms with Crippen molar-refractivity contribution >= 4 is 27.1 Å². The molecule has 0 aliphatic carbocycles. The summed E-state index contributed by atoms with van der Waals surface area (Å²) in [5.41, 5.74) is 1.46. The fraction of sp³-hybridized carbons (Fsp3) is 0.167. The van der Waals surface area contributed by atoms with Crippen LogP contribution in [0.1, 0.15) is 16.1 Å². The second-order valence-electron chi connectivity index (χ2n) is 4.10. The van der Waals surface area contributed by atoms with Gasteiger partial charge in [-0.2, -0.15) is 0 Å². The third kappa shape index (κ3) is 2.82. The number of thiazole rings is 1. The molecule has 0 fully saturated rings. The Labute approximate surface area is 114 Å². The van der Waals surface area contributed by atoms with E-state index in [1.807, 2.05) is 19.1 Å². The number of carbonyl (C=O) groups is 1. The Balaban J connectivity index is 2.65. The van der Waals surface area contributed by atoms with Crippen LogP contribution in [0.5, 0.6) is 0 Å². The van der Waals surface area contributed by atoms with E-state index in [0.29, 0.717) is 10.4 Å². The van der Waals surface area contributed by atoms with Gasteiger partial charge in [0.2, 0.25) is 14.2 Å². The van der Waals surface area contributed by atoms with Crippen LogP contribution in [0.4, 0.5) is 0 Å². The van der Waals surface area contributed by atoms with E-state index in [1.54, 1.807) is 12.1 Å². The Bertz CT molecular complexity index is 730. The molecule has 0 radical (unpaired) electrons. The maximum absolute atomic E-state index is 11.5. The smallest absolute Gasteiger partial charge is 0.356 e. The molecule has 100 valence electrons. The first-order chi connectivity index (χ1) is 8.79. The number of carboxylic acids is 1. The molecule has 0 bridgehead atoms. The van der Waals surface area contributed by atoms with Crippen LogP contribution < -0.4 is 0 Å². The van der Waals surface area contributed by atoms with Gasteiger partial charge >= 0.3 is 5.97 Å². The molecule has 1 aromatic carbocycles. The second kappa shape index (κ2) is 4.75. The first-order valence-corrected chi connectivity index (χ1v) is 8.01. The summed E-state index contributed by atoms with van der Waals surface area (Å²) >= 11 is 0.874. The van der Waals surface area contributed by atoms with E-state index in [9.17, 15) is 13.2 Å². The van der Waals surface area contributed by atoms with E-state index in [0.717, 1.165) is 23.2 Å². The molecule has 2 aromatic rings. The largest absolute Gasteiger partial charge is 0.476 e. The van der Waals surface area contributed by atoms with E-state index >= 15 is 0 Å². The lowest BCUT2D eigenvalue weighted by Gasteiger charge is -1.99. The summed E-state index contributed by atoms with van der Waals surface area (Å²) in [5.74, 6) is -1.23. The molecule has 19 heavy (non-hydrogen) atoms. The lowest BCUT2D eigenvalue weighted by molar-refractivity contribution is 0.0691. The minimum Gasteiger partial charge on any atom is -0.476 e. The molecule has 0 atom stereocenters. The van der Waals surface area contributed by atoms with E-state index in [-0.39, 0.29) is 10.0 Å². The molecule has 0 spiro atoms. The predicted molar refractivity (Wildman–Crippen MR) is 72.4 cm³/mol. The van der Waals surface area contributed by atoms with Gasteiger partial charge in [-0.15, -0.1) is 11.3 Å². The fourth-order valence-corrected chi connectivity index (χ4v) is 3.41. The van der Waals surface area contributed by atoms with Crippen molar-refractivity contribution in [3.63, 3.8) is 0 Å². The van der Waals surface area contributed by atoms with Crippen molar-refractivity contribution in [1.82, 2.24) is 4.98 Å². The number of aryl methyl sites for hydroxylation is 1. The number of hydrogen-bond donors (Lipinski definition) is 1. The van der Waals surface area contributed by atoms with Crippen LogP contribution in [0.2, 0.25) is 0 Å². The number of sulfone groups is 1. The predicted octanol–water partition coefficient (Wildman–Crippen LogP) is 2.22. The standard InChI is InChI=1S/C12H11NO4S2/c1-7-3-5-8(6-4-7)10-9(11(14)15)13-12(18-10)19(2,16)17/h3-6H,1-2H3,(H,14,15). The highest BCUT2D eigenvalue weighted by Gasteiger charge is 2.23. The lowest BCUT2D eigenvalue weighted by atomic mass is 10.1. The molecule has 0 amide bonds. The van der Waals surface area contributed by atoms with Gasteiger partial charge in [0.15, 0.2) is 5.69 Å². The summed E-state index contributed by atoms with van der Waals surface area (Å²) in [7, 11) is -3.51. The van der Waals surface area contributed by atoms with E-state index < -0.39 is 15.8 Å². The highest BCUT2D eigenvalue weighted by atomic mass is 32.2. The van der Waals surface area contributed by atoms with Gasteiger partial charge in [0, 0.05) is 6.26 Å². The summed E-state index contributed by atoms with van der Waals surface area (Å²) in [5, 5.41) is 9.11. The van der Waals surface area contributed by atoms with Crippen LogP contribution >= 0.6 is 11.3 Å². The second-order valence-corrected chi connectivity index (χ2v) is 7.29. The molecule has 1 heterocycles. The van der Waals surface area contributed by atoms with Crippen molar-refractivity contribution in [2.45, 2.75) is 11.3 Å². The average molecular weight is 297 g/mol. The maximum atomic E-state index is 11.5. The van der Waals surface area contributed by atoms with Gasteiger partial charge in [-0.1, -0.05) is 29.8 Å². The zero-order chi connectivity index (χ0) is 14.2. The number of benzene rings is 1. The molecule has 0 saturated carbocycles. The van der Waals surface area contributed by atoms with Crippen LogP contribution in [0.15, 0.2) is 28.6 Å². The van der Waals surface area contributed by atoms with Gasteiger partial charge < -0.3 is 5.11 Å². The quantitative estimate of drug-likeness (QED) is 0.939. The molecule has 5 nitrogen and oxygen atoms in total. The van der Waals surface area contributed by atoms with Crippen molar-refractivity contribution in [3.05, 3.63) is 35.5 Å². The maximum Gasteiger partial charge on any atom is 0.356 e. The summed E-state index contributed by atoms with van der Waals surface area (Å²) < 4.78 is 22.7. The van der Waals surface area contributed by atoms with Crippen molar-refractivity contribution < 1.29 is 18.3 Å². The van der Waals surface area contributed by atoms with Crippen molar-refractivity contribution in [2.75, 3.05) is 6.26 Å². The minimum atomic E-state index is -3.51. The van der Waals surface area contributed by atoms with E-state index in [4.69, 9.17) is 5.11 Å². The van der Waals surface area contributed by atoms with Gasteiger partial charge in [-0.25, -0.2) is 18.2 Å². The fourth-order valence-electron chi connectivity index (χ4n) is 1.50. The van der Waals surface area contributed by atoms with Crippen LogP contribution in [-0.4, -0.2) is 30.7 Å². The molecule has 0 aliphatic heterocycles. The molecule has 1 N–H and O–H groups in total. The van der Waals surface area contributed by atoms with Gasteiger partial charge in [0.25, 0.3) is 0 Å². The van der Waals surface area contributed by atoms with Crippen LogP contribution in [0.25, 0.3) is 10.4 Å². The van der Waals surface area contributed by atoms with Crippen LogP contribution in [-0.2, 0) is 9.84 Å². The monoisotopic (exact) mass is 297 g/mol. The third-order valence-corrected chi connectivity index (χ3v) is 5.22. The third-order valence-electron chi connectivity index (χ3n) is 2.44.